The predicted molar refractivity (Wildman–Crippen MR) is 122 cm³/mol. The van der Waals surface area contributed by atoms with Crippen LogP contribution >= 0.6 is 0 Å². The van der Waals surface area contributed by atoms with Gasteiger partial charge in [-0.3, -0.25) is 0 Å². The van der Waals surface area contributed by atoms with E-state index in [1.807, 2.05) is 0 Å². The number of hydrogen-bond donors (Lipinski definition) is 0. The number of carbonyl (C=O) groups is 1. The number of amides is 1. The summed E-state index contributed by atoms with van der Waals surface area (Å²) in [4.78, 5) is 19.2. The molecule has 0 saturated heterocycles. The zero-order valence-electron chi connectivity index (χ0n) is 18.3. The van der Waals surface area contributed by atoms with Crippen molar-refractivity contribution >= 4 is 17.1 Å². The molecule has 5 heteroatoms. The molecule has 1 aromatic heterocycles. The Hall–Kier alpha value is -2.82. The third-order valence-corrected chi connectivity index (χ3v) is 7.02. The van der Waals surface area contributed by atoms with Gasteiger partial charge in [0.2, 0.25) is 0 Å². The van der Waals surface area contributed by atoms with Crippen molar-refractivity contribution in [3.05, 3.63) is 65.0 Å². The van der Waals surface area contributed by atoms with Crippen LogP contribution in [0.5, 0.6) is 0 Å². The molecular formula is C26H31N3O2. The van der Waals surface area contributed by atoms with E-state index in [4.69, 9.17) is 9.72 Å². The maximum Gasteiger partial charge on any atom is 0.409 e. The zero-order valence-corrected chi connectivity index (χ0v) is 18.3. The van der Waals surface area contributed by atoms with Gasteiger partial charge < -0.3 is 14.2 Å². The average Bonchev–Trinajstić information content (AvgIpc) is 3.22. The molecule has 5 nitrogen and oxygen atoms in total. The van der Waals surface area contributed by atoms with Gasteiger partial charge in [0.25, 0.3) is 0 Å². The number of methoxy groups -OCH3 is 1. The minimum atomic E-state index is -0.251. The number of benzene rings is 2. The molecule has 1 fully saturated rings. The number of ether oxygens (including phenoxy) is 1. The molecule has 1 aliphatic heterocycles. The summed E-state index contributed by atoms with van der Waals surface area (Å²) in [5.41, 5.74) is 6.16. The van der Waals surface area contributed by atoms with Crippen LogP contribution in [-0.2, 0) is 30.7 Å². The first-order valence-corrected chi connectivity index (χ1v) is 11.6. The lowest BCUT2D eigenvalue weighted by atomic mass is 9.88. The molecule has 2 aromatic carbocycles. The minimum Gasteiger partial charge on any atom is -0.453 e. The van der Waals surface area contributed by atoms with Gasteiger partial charge in [-0.05, 0) is 42.9 Å². The Kier molecular flexibility index (Phi) is 5.66. The fourth-order valence-corrected chi connectivity index (χ4v) is 5.32. The number of carbonyl (C=O) groups excluding carboxylic acids is 1. The Labute approximate surface area is 184 Å². The smallest absolute Gasteiger partial charge is 0.409 e. The van der Waals surface area contributed by atoms with E-state index in [-0.39, 0.29) is 6.09 Å². The van der Waals surface area contributed by atoms with Crippen molar-refractivity contribution in [3.8, 4) is 0 Å². The van der Waals surface area contributed by atoms with Crippen LogP contribution in [0.25, 0.3) is 11.0 Å². The Morgan fingerprint density at radius 2 is 1.90 bits per heavy atom. The lowest BCUT2D eigenvalue weighted by molar-refractivity contribution is 0.119. The topological polar surface area (TPSA) is 47.4 Å². The van der Waals surface area contributed by atoms with Crippen molar-refractivity contribution in [1.29, 1.82) is 0 Å². The number of hydrogen-bond acceptors (Lipinski definition) is 3. The van der Waals surface area contributed by atoms with Crippen LogP contribution < -0.4 is 0 Å². The van der Waals surface area contributed by atoms with Crippen LogP contribution in [0.2, 0.25) is 0 Å². The summed E-state index contributed by atoms with van der Waals surface area (Å²) >= 11 is 0. The van der Waals surface area contributed by atoms with E-state index in [1.54, 1.807) is 4.90 Å². The number of aryl methyl sites for hydroxylation is 2. The van der Waals surface area contributed by atoms with E-state index >= 15 is 0 Å². The van der Waals surface area contributed by atoms with Crippen LogP contribution in [0.15, 0.2) is 42.5 Å². The summed E-state index contributed by atoms with van der Waals surface area (Å²) in [6, 6.07) is 15.2. The Balaban J connectivity index is 1.55. The minimum absolute atomic E-state index is 0.251. The summed E-state index contributed by atoms with van der Waals surface area (Å²) in [5, 5.41) is 0. The van der Waals surface area contributed by atoms with Gasteiger partial charge in [0.1, 0.15) is 5.82 Å². The van der Waals surface area contributed by atoms with Crippen LogP contribution in [0.3, 0.4) is 0 Å². The molecule has 162 valence electrons. The number of rotatable bonds is 4. The lowest BCUT2D eigenvalue weighted by Gasteiger charge is -2.27. The first-order chi connectivity index (χ1) is 15.2. The van der Waals surface area contributed by atoms with E-state index in [9.17, 15) is 4.79 Å². The molecule has 2 aliphatic rings. The quantitative estimate of drug-likeness (QED) is 0.567. The van der Waals surface area contributed by atoms with Gasteiger partial charge >= 0.3 is 6.09 Å². The molecule has 0 N–H and O–H groups in total. The van der Waals surface area contributed by atoms with Crippen molar-refractivity contribution in [2.75, 3.05) is 13.7 Å². The van der Waals surface area contributed by atoms with Gasteiger partial charge in [0.15, 0.2) is 0 Å². The molecule has 5 rings (SSSR count). The highest BCUT2D eigenvalue weighted by atomic mass is 16.5. The van der Waals surface area contributed by atoms with Gasteiger partial charge in [0.05, 0.1) is 24.7 Å². The normalized spacial score (nSPS) is 17.0. The molecule has 3 aromatic rings. The highest BCUT2D eigenvalue weighted by molar-refractivity contribution is 5.82. The Morgan fingerprint density at radius 1 is 1.10 bits per heavy atom. The van der Waals surface area contributed by atoms with E-state index in [2.05, 4.69) is 47.0 Å². The standard InChI is InChI=1S/C26H31N3O2/c1-31-26(30)28-16-15-20-12-13-23-24(22(20)18-28)27-25(21-10-6-3-7-11-21)29(23)17-14-19-8-4-2-5-9-19/h2,4-5,8-9,12-13,21H,3,6-7,10-11,14-18H2,1H3. The maximum absolute atomic E-state index is 12.2. The summed E-state index contributed by atoms with van der Waals surface area (Å²) < 4.78 is 7.46. The summed E-state index contributed by atoms with van der Waals surface area (Å²) in [6.07, 6.45) is 7.98. The van der Waals surface area contributed by atoms with E-state index < -0.39 is 0 Å². The Morgan fingerprint density at radius 3 is 2.68 bits per heavy atom. The van der Waals surface area contributed by atoms with Gasteiger partial charge in [0, 0.05) is 24.6 Å². The number of nitrogens with zero attached hydrogens (tertiary/aromatic N) is 3. The molecule has 0 unspecified atom stereocenters. The van der Waals surface area contributed by atoms with Crippen molar-refractivity contribution in [1.82, 2.24) is 14.5 Å². The number of aromatic nitrogens is 2. The molecule has 1 aliphatic carbocycles. The molecule has 2 heterocycles. The van der Waals surface area contributed by atoms with Crippen molar-refractivity contribution < 1.29 is 9.53 Å². The Bertz CT molecular complexity index is 1070. The fourth-order valence-electron chi connectivity index (χ4n) is 5.32. The van der Waals surface area contributed by atoms with Crippen LogP contribution in [0, 0.1) is 0 Å². The third-order valence-electron chi connectivity index (χ3n) is 7.02. The molecule has 31 heavy (non-hydrogen) atoms. The van der Waals surface area contributed by atoms with Crippen LogP contribution in [0.4, 0.5) is 4.79 Å². The molecule has 0 bridgehead atoms. The first-order valence-electron chi connectivity index (χ1n) is 11.6. The molecule has 0 spiro atoms. The number of imidazole rings is 1. The third kappa shape index (κ3) is 3.93. The summed E-state index contributed by atoms with van der Waals surface area (Å²) in [6.45, 7) is 2.22. The number of fused-ring (bicyclic) bond motifs is 3. The predicted octanol–water partition coefficient (Wildman–Crippen LogP) is 5.45. The van der Waals surface area contributed by atoms with Gasteiger partial charge in [-0.2, -0.15) is 0 Å². The maximum atomic E-state index is 12.2. The first kappa shape index (κ1) is 20.1. The van der Waals surface area contributed by atoms with Crippen molar-refractivity contribution in [2.45, 2.75) is 64.0 Å². The highest BCUT2D eigenvalue weighted by Gasteiger charge is 2.27. The second kappa shape index (κ2) is 8.74. The highest BCUT2D eigenvalue weighted by Crippen LogP contribution is 2.36. The monoisotopic (exact) mass is 417 g/mol. The average molecular weight is 418 g/mol. The van der Waals surface area contributed by atoms with Gasteiger partial charge in [-0.25, -0.2) is 9.78 Å². The van der Waals surface area contributed by atoms with E-state index in [0.717, 1.165) is 24.9 Å². The molecule has 1 saturated carbocycles. The second-order valence-corrected chi connectivity index (χ2v) is 8.90. The van der Waals surface area contributed by atoms with E-state index in [1.165, 1.54) is 67.2 Å². The molecule has 1 amide bonds. The second-order valence-electron chi connectivity index (χ2n) is 8.90. The largest absolute Gasteiger partial charge is 0.453 e. The summed E-state index contributed by atoms with van der Waals surface area (Å²) in [5.74, 6) is 1.78. The molecule has 0 atom stereocenters. The van der Waals surface area contributed by atoms with Crippen molar-refractivity contribution in [3.63, 3.8) is 0 Å². The molecular weight excluding hydrogens is 386 g/mol. The van der Waals surface area contributed by atoms with Gasteiger partial charge in [-0.15, -0.1) is 0 Å². The van der Waals surface area contributed by atoms with E-state index in [0.29, 0.717) is 19.0 Å². The van der Waals surface area contributed by atoms with Crippen LogP contribution in [-0.4, -0.2) is 34.2 Å². The van der Waals surface area contributed by atoms with Gasteiger partial charge in [-0.1, -0.05) is 55.7 Å². The lowest BCUT2D eigenvalue weighted by Crippen LogP contribution is -2.35. The molecule has 0 radical (unpaired) electrons. The fraction of sp³-hybridized carbons (Fsp3) is 0.462. The van der Waals surface area contributed by atoms with Crippen LogP contribution in [0.1, 0.15) is 60.5 Å². The SMILES string of the molecule is COC(=O)N1CCc2ccc3c(nc(C4CCCCC4)n3CCc3ccccc3)c2C1. The zero-order chi connectivity index (χ0) is 21.2. The van der Waals surface area contributed by atoms with Crippen molar-refractivity contribution in [2.24, 2.45) is 0 Å². The summed E-state index contributed by atoms with van der Waals surface area (Å²) in [7, 11) is 1.46.